The Kier molecular flexibility index (Phi) is 4.81. The van der Waals surface area contributed by atoms with E-state index in [0.29, 0.717) is 6.54 Å². The standard InChI is InChI=1S/C12H14N2O4/c1-3-4-10(11(15)16)13-12(17)14(2)7-9-5-6-18-8-9/h1,5-6,8,10H,4,7H2,2H3,(H,13,17)(H,15,16). The highest BCUT2D eigenvalue weighted by Gasteiger charge is 2.20. The minimum atomic E-state index is -1.15. The molecule has 1 unspecified atom stereocenters. The highest BCUT2D eigenvalue weighted by atomic mass is 16.4. The Bertz CT molecular complexity index is 447. The molecule has 1 atom stereocenters. The van der Waals surface area contributed by atoms with Crippen LogP contribution in [0.15, 0.2) is 23.0 Å². The molecular formula is C12H14N2O4. The largest absolute Gasteiger partial charge is 0.480 e. The monoisotopic (exact) mass is 250 g/mol. The Morgan fingerprint density at radius 2 is 2.39 bits per heavy atom. The van der Waals surface area contributed by atoms with Crippen molar-refractivity contribution in [3.63, 3.8) is 0 Å². The maximum atomic E-state index is 11.7. The summed E-state index contributed by atoms with van der Waals surface area (Å²) < 4.78 is 4.87. The summed E-state index contributed by atoms with van der Waals surface area (Å²) in [5.74, 6) is 1.06. The van der Waals surface area contributed by atoms with E-state index in [1.54, 1.807) is 13.1 Å². The van der Waals surface area contributed by atoms with Gasteiger partial charge in [-0.3, -0.25) is 0 Å². The fourth-order valence-electron chi connectivity index (χ4n) is 1.31. The van der Waals surface area contributed by atoms with Gasteiger partial charge in [-0.15, -0.1) is 12.3 Å². The number of urea groups is 1. The smallest absolute Gasteiger partial charge is 0.327 e. The van der Waals surface area contributed by atoms with Gasteiger partial charge < -0.3 is 19.7 Å². The number of furan rings is 1. The SMILES string of the molecule is C#CCC(NC(=O)N(C)Cc1ccoc1)C(=O)O. The van der Waals surface area contributed by atoms with Gasteiger partial charge in [-0.05, 0) is 6.07 Å². The van der Waals surface area contributed by atoms with Crippen molar-refractivity contribution in [3.8, 4) is 12.3 Å². The number of terminal acetylenes is 1. The highest BCUT2D eigenvalue weighted by Crippen LogP contribution is 2.04. The maximum absolute atomic E-state index is 11.7. The summed E-state index contributed by atoms with van der Waals surface area (Å²) in [6.45, 7) is 0.324. The van der Waals surface area contributed by atoms with E-state index in [-0.39, 0.29) is 6.42 Å². The lowest BCUT2D eigenvalue weighted by Gasteiger charge is -2.19. The van der Waals surface area contributed by atoms with Crippen LogP contribution in [0, 0.1) is 12.3 Å². The number of carboxylic acid groups (broad SMARTS) is 1. The zero-order chi connectivity index (χ0) is 13.5. The van der Waals surface area contributed by atoms with Crippen LogP contribution >= 0.6 is 0 Å². The Morgan fingerprint density at radius 1 is 1.67 bits per heavy atom. The molecule has 6 nitrogen and oxygen atoms in total. The molecule has 0 aliphatic carbocycles. The molecule has 1 aromatic heterocycles. The van der Waals surface area contributed by atoms with Crippen molar-refractivity contribution < 1.29 is 19.1 Å². The number of carbonyl (C=O) groups excluding carboxylic acids is 1. The molecule has 0 aromatic carbocycles. The number of hydrogen-bond acceptors (Lipinski definition) is 3. The molecule has 1 aromatic rings. The zero-order valence-corrected chi connectivity index (χ0v) is 9.92. The first-order chi connectivity index (χ1) is 8.54. The van der Waals surface area contributed by atoms with Gasteiger partial charge in [0.25, 0.3) is 0 Å². The zero-order valence-electron chi connectivity index (χ0n) is 9.92. The third-order valence-electron chi connectivity index (χ3n) is 2.26. The highest BCUT2D eigenvalue weighted by molar-refractivity contribution is 5.82. The third-order valence-corrected chi connectivity index (χ3v) is 2.26. The molecule has 0 fully saturated rings. The fourth-order valence-corrected chi connectivity index (χ4v) is 1.31. The molecule has 96 valence electrons. The molecule has 0 radical (unpaired) electrons. The molecule has 1 rings (SSSR count). The molecule has 0 saturated heterocycles. The number of hydrogen-bond donors (Lipinski definition) is 2. The van der Waals surface area contributed by atoms with E-state index in [1.807, 2.05) is 0 Å². The van der Waals surface area contributed by atoms with Crippen LogP contribution in [0.2, 0.25) is 0 Å². The number of amides is 2. The molecular weight excluding hydrogens is 236 g/mol. The summed E-state index contributed by atoms with van der Waals surface area (Å²) in [6.07, 6.45) is 8.00. The Morgan fingerprint density at radius 3 is 2.89 bits per heavy atom. The van der Waals surface area contributed by atoms with Crippen LogP contribution < -0.4 is 5.32 Å². The average Bonchev–Trinajstić information content (AvgIpc) is 2.80. The van der Waals surface area contributed by atoms with Crippen LogP contribution in [0.4, 0.5) is 4.79 Å². The molecule has 6 heteroatoms. The average molecular weight is 250 g/mol. The molecule has 0 bridgehead atoms. The van der Waals surface area contributed by atoms with Crippen molar-refractivity contribution in [1.29, 1.82) is 0 Å². The van der Waals surface area contributed by atoms with E-state index in [9.17, 15) is 9.59 Å². The van der Waals surface area contributed by atoms with Crippen molar-refractivity contribution in [2.24, 2.45) is 0 Å². The van der Waals surface area contributed by atoms with Crippen LogP contribution in [0.25, 0.3) is 0 Å². The molecule has 0 aliphatic rings. The van der Waals surface area contributed by atoms with Crippen LogP contribution in [-0.2, 0) is 11.3 Å². The predicted octanol–water partition coefficient (Wildman–Crippen LogP) is 0.897. The molecule has 0 aliphatic heterocycles. The van der Waals surface area contributed by atoms with Crippen LogP contribution in [0.3, 0.4) is 0 Å². The lowest BCUT2D eigenvalue weighted by Crippen LogP contribution is -2.46. The lowest BCUT2D eigenvalue weighted by molar-refractivity contribution is -0.139. The quantitative estimate of drug-likeness (QED) is 0.760. The van der Waals surface area contributed by atoms with E-state index in [0.717, 1.165) is 5.56 Å². The van der Waals surface area contributed by atoms with Crippen molar-refractivity contribution >= 4 is 12.0 Å². The Labute approximate surface area is 105 Å². The number of nitrogens with zero attached hydrogens (tertiary/aromatic N) is 1. The van der Waals surface area contributed by atoms with E-state index < -0.39 is 18.0 Å². The van der Waals surface area contributed by atoms with E-state index >= 15 is 0 Å². The van der Waals surface area contributed by atoms with E-state index in [4.69, 9.17) is 15.9 Å². The fraction of sp³-hybridized carbons (Fsp3) is 0.333. The summed E-state index contributed by atoms with van der Waals surface area (Å²) in [5, 5.41) is 11.2. The minimum Gasteiger partial charge on any atom is -0.480 e. The van der Waals surface area contributed by atoms with Gasteiger partial charge in [-0.25, -0.2) is 9.59 Å². The van der Waals surface area contributed by atoms with Gasteiger partial charge in [-0.2, -0.15) is 0 Å². The number of nitrogens with one attached hydrogen (secondary N) is 1. The lowest BCUT2D eigenvalue weighted by atomic mass is 10.2. The third kappa shape index (κ3) is 3.87. The van der Waals surface area contributed by atoms with Crippen molar-refractivity contribution in [2.75, 3.05) is 7.05 Å². The van der Waals surface area contributed by atoms with Crippen LogP contribution in [0.5, 0.6) is 0 Å². The summed E-state index contributed by atoms with van der Waals surface area (Å²) in [7, 11) is 1.55. The van der Waals surface area contributed by atoms with Crippen LogP contribution in [0.1, 0.15) is 12.0 Å². The van der Waals surface area contributed by atoms with Crippen molar-refractivity contribution in [1.82, 2.24) is 10.2 Å². The first kappa shape index (κ1) is 13.6. The summed E-state index contributed by atoms with van der Waals surface area (Å²) >= 11 is 0. The van der Waals surface area contributed by atoms with Gasteiger partial charge in [0.1, 0.15) is 6.04 Å². The molecule has 0 spiro atoms. The van der Waals surface area contributed by atoms with Gasteiger partial charge >= 0.3 is 12.0 Å². The second-order valence-corrected chi connectivity index (χ2v) is 3.74. The first-order valence-corrected chi connectivity index (χ1v) is 5.23. The first-order valence-electron chi connectivity index (χ1n) is 5.23. The number of rotatable bonds is 5. The molecule has 0 saturated carbocycles. The van der Waals surface area contributed by atoms with E-state index in [1.165, 1.54) is 17.4 Å². The number of aliphatic carboxylic acids is 1. The van der Waals surface area contributed by atoms with Crippen molar-refractivity contribution in [3.05, 3.63) is 24.2 Å². The molecule has 2 N–H and O–H groups in total. The normalized spacial score (nSPS) is 11.3. The Balaban J connectivity index is 2.53. The summed E-state index contributed by atoms with van der Waals surface area (Å²) in [6, 6.07) is 0.146. The number of carbonyl (C=O) groups is 2. The van der Waals surface area contributed by atoms with Gasteiger partial charge in [0.2, 0.25) is 0 Å². The minimum absolute atomic E-state index is 0.0549. The molecule has 18 heavy (non-hydrogen) atoms. The number of carboxylic acids is 1. The molecule has 2 amide bonds. The summed E-state index contributed by atoms with van der Waals surface area (Å²) in [4.78, 5) is 23.9. The van der Waals surface area contributed by atoms with Gasteiger partial charge in [-0.1, -0.05) is 0 Å². The van der Waals surface area contributed by atoms with Gasteiger partial charge in [0, 0.05) is 19.0 Å². The Hall–Kier alpha value is -2.42. The molecule has 1 heterocycles. The van der Waals surface area contributed by atoms with Gasteiger partial charge in [0.15, 0.2) is 0 Å². The second-order valence-electron chi connectivity index (χ2n) is 3.74. The second kappa shape index (κ2) is 6.35. The summed E-state index contributed by atoms with van der Waals surface area (Å²) in [5.41, 5.74) is 0.816. The van der Waals surface area contributed by atoms with Crippen molar-refractivity contribution in [2.45, 2.75) is 19.0 Å². The van der Waals surface area contributed by atoms with E-state index in [2.05, 4.69) is 11.2 Å². The van der Waals surface area contributed by atoms with Crippen LogP contribution in [-0.4, -0.2) is 35.1 Å². The predicted molar refractivity (Wildman–Crippen MR) is 63.6 cm³/mol. The topological polar surface area (TPSA) is 82.8 Å². The van der Waals surface area contributed by atoms with Gasteiger partial charge in [0.05, 0.1) is 19.1 Å². The maximum Gasteiger partial charge on any atom is 0.327 e.